The number of alkyl halides is 1. The quantitative estimate of drug-likeness (QED) is 0.595. The number of aromatic nitrogens is 2. The minimum Gasteiger partial charge on any atom is -0.223 e. The summed E-state index contributed by atoms with van der Waals surface area (Å²) in [5.74, 6) is 0. The summed E-state index contributed by atoms with van der Waals surface area (Å²) in [6, 6.07) is 1.95. The van der Waals surface area contributed by atoms with E-state index in [2.05, 4.69) is 32.8 Å². The van der Waals surface area contributed by atoms with Crippen molar-refractivity contribution >= 4 is 27.5 Å². The Kier molecular flexibility index (Phi) is 3.47. The van der Waals surface area contributed by atoms with Crippen LogP contribution < -0.4 is 0 Å². The first-order valence-electron chi connectivity index (χ1n) is 3.72. The molecule has 1 aromatic heterocycles. The van der Waals surface area contributed by atoms with E-state index in [0.29, 0.717) is 10.1 Å². The zero-order valence-corrected chi connectivity index (χ0v) is 9.35. The fraction of sp³-hybridized carbons (Fsp3) is 0.500. The highest BCUT2D eigenvalue weighted by molar-refractivity contribution is 9.09. The Balaban J connectivity index is 2.85. The molecule has 2 nitrogen and oxygen atoms in total. The molecule has 0 saturated heterocycles. The van der Waals surface area contributed by atoms with Gasteiger partial charge in [0.15, 0.2) is 0 Å². The van der Waals surface area contributed by atoms with Crippen LogP contribution in [0.25, 0.3) is 0 Å². The Morgan fingerprint density at radius 1 is 1.58 bits per heavy atom. The lowest BCUT2D eigenvalue weighted by atomic mass is 10.2. The van der Waals surface area contributed by atoms with Crippen molar-refractivity contribution in [3.8, 4) is 0 Å². The van der Waals surface area contributed by atoms with Crippen molar-refractivity contribution in [2.75, 3.05) is 0 Å². The predicted molar refractivity (Wildman–Crippen MR) is 53.9 cm³/mol. The molecule has 0 bridgehead atoms. The van der Waals surface area contributed by atoms with Gasteiger partial charge in [-0.15, -0.1) is 0 Å². The summed E-state index contributed by atoms with van der Waals surface area (Å²) < 4.78 is 0. The van der Waals surface area contributed by atoms with Crippen molar-refractivity contribution in [2.24, 2.45) is 0 Å². The van der Waals surface area contributed by atoms with Gasteiger partial charge in [0.25, 0.3) is 0 Å². The molecule has 4 heteroatoms. The lowest BCUT2D eigenvalue weighted by Gasteiger charge is -2.03. The van der Waals surface area contributed by atoms with Gasteiger partial charge in [0.1, 0.15) is 0 Å². The molecule has 0 aromatic carbocycles. The highest BCUT2D eigenvalue weighted by atomic mass is 79.9. The van der Waals surface area contributed by atoms with Crippen molar-refractivity contribution in [2.45, 2.75) is 25.1 Å². The van der Waals surface area contributed by atoms with Gasteiger partial charge < -0.3 is 0 Å². The summed E-state index contributed by atoms with van der Waals surface area (Å²) >= 11 is 9.15. The third kappa shape index (κ3) is 3.07. The third-order valence-electron chi connectivity index (χ3n) is 1.37. The maximum absolute atomic E-state index is 5.70. The van der Waals surface area contributed by atoms with Crippen molar-refractivity contribution in [1.82, 2.24) is 9.97 Å². The Labute approximate surface area is 85.5 Å². The first kappa shape index (κ1) is 9.93. The molecule has 1 rings (SSSR count). The van der Waals surface area contributed by atoms with Crippen LogP contribution in [0.1, 0.15) is 18.3 Å². The second-order valence-corrected chi connectivity index (χ2v) is 4.66. The standard InChI is InChI=1S/C8H10BrClN2/c1-5(9)3-7-4-6(2)11-8(10)12-7/h4-5H,3H2,1-2H3. The van der Waals surface area contributed by atoms with Crippen LogP contribution >= 0.6 is 27.5 Å². The van der Waals surface area contributed by atoms with E-state index in [9.17, 15) is 0 Å². The van der Waals surface area contributed by atoms with E-state index >= 15 is 0 Å². The van der Waals surface area contributed by atoms with E-state index in [1.54, 1.807) is 0 Å². The fourth-order valence-corrected chi connectivity index (χ4v) is 1.56. The maximum atomic E-state index is 5.70. The lowest BCUT2D eigenvalue weighted by Crippen LogP contribution is -2.01. The van der Waals surface area contributed by atoms with E-state index in [1.807, 2.05) is 13.0 Å². The molecule has 0 radical (unpaired) electrons. The second-order valence-electron chi connectivity index (χ2n) is 2.75. The predicted octanol–water partition coefficient (Wildman–Crippen LogP) is 2.76. The molecule has 0 aliphatic rings. The minimum atomic E-state index is 0.332. The van der Waals surface area contributed by atoms with E-state index in [1.165, 1.54) is 0 Å². The highest BCUT2D eigenvalue weighted by Gasteiger charge is 2.03. The summed E-state index contributed by atoms with van der Waals surface area (Å²) in [5.41, 5.74) is 1.90. The van der Waals surface area contributed by atoms with Gasteiger partial charge in [-0.2, -0.15) is 0 Å². The average molecular weight is 250 g/mol. The summed E-state index contributed by atoms with van der Waals surface area (Å²) in [6.07, 6.45) is 0.878. The molecular weight excluding hydrogens is 239 g/mol. The topological polar surface area (TPSA) is 25.8 Å². The molecule has 0 aliphatic carbocycles. The monoisotopic (exact) mass is 248 g/mol. The summed E-state index contributed by atoms with van der Waals surface area (Å²) in [6.45, 7) is 3.99. The van der Waals surface area contributed by atoms with Gasteiger partial charge in [-0.1, -0.05) is 22.9 Å². The molecule has 1 heterocycles. The molecule has 0 amide bonds. The van der Waals surface area contributed by atoms with Gasteiger partial charge in [-0.3, -0.25) is 0 Å². The van der Waals surface area contributed by atoms with Crippen LogP contribution in [-0.2, 0) is 6.42 Å². The molecule has 0 N–H and O–H groups in total. The summed E-state index contributed by atoms with van der Waals surface area (Å²) in [5, 5.41) is 0.332. The summed E-state index contributed by atoms with van der Waals surface area (Å²) in [7, 11) is 0. The van der Waals surface area contributed by atoms with Gasteiger partial charge >= 0.3 is 0 Å². The largest absolute Gasteiger partial charge is 0.223 e. The lowest BCUT2D eigenvalue weighted by molar-refractivity contribution is 0.893. The normalized spacial score (nSPS) is 13.0. The van der Waals surface area contributed by atoms with Gasteiger partial charge in [0.05, 0.1) is 0 Å². The molecule has 1 atom stereocenters. The van der Waals surface area contributed by atoms with E-state index in [-0.39, 0.29) is 0 Å². The first-order valence-corrected chi connectivity index (χ1v) is 5.01. The molecular formula is C8H10BrClN2. The molecule has 66 valence electrons. The van der Waals surface area contributed by atoms with E-state index < -0.39 is 0 Å². The number of aryl methyl sites for hydroxylation is 1. The van der Waals surface area contributed by atoms with Crippen molar-refractivity contribution in [3.05, 3.63) is 22.7 Å². The number of hydrogen-bond acceptors (Lipinski definition) is 2. The Morgan fingerprint density at radius 3 is 2.75 bits per heavy atom. The van der Waals surface area contributed by atoms with E-state index in [0.717, 1.165) is 17.8 Å². The molecule has 12 heavy (non-hydrogen) atoms. The van der Waals surface area contributed by atoms with Crippen molar-refractivity contribution in [3.63, 3.8) is 0 Å². The Hall–Kier alpha value is -0.150. The second kappa shape index (κ2) is 4.19. The smallest absolute Gasteiger partial charge is 0.222 e. The number of nitrogens with zero attached hydrogens (tertiary/aromatic N) is 2. The van der Waals surface area contributed by atoms with Crippen molar-refractivity contribution in [1.29, 1.82) is 0 Å². The van der Waals surface area contributed by atoms with Crippen LogP contribution in [0.2, 0.25) is 5.28 Å². The highest BCUT2D eigenvalue weighted by Crippen LogP contribution is 2.10. The number of rotatable bonds is 2. The molecule has 0 saturated carbocycles. The molecule has 1 aromatic rings. The first-order chi connectivity index (χ1) is 5.58. The summed E-state index contributed by atoms with van der Waals surface area (Å²) in [4.78, 5) is 8.50. The Bertz CT molecular complexity index is 256. The van der Waals surface area contributed by atoms with Crippen molar-refractivity contribution < 1.29 is 0 Å². The van der Waals surface area contributed by atoms with Gasteiger partial charge in [-0.25, -0.2) is 9.97 Å². The van der Waals surface area contributed by atoms with Crippen LogP contribution in [0, 0.1) is 6.92 Å². The van der Waals surface area contributed by atoms with E-state index in [4.69, 9.17) is 11.6 Å². The molecule has 0 fully saturated rings. The molecule has 1 unspecified atom stereocenters. The van der Waals surface area contributed by atoms with Gasteiger partial charge in [0.2, 0.25) is 5.28 Å². The SMILES string of the molecule is Cc1cc(CC(C)Br)nc(Cl)n1. The number of halogens is 2. The zero-order valence-electron chi connectivity index (χ0n) is 7.01. The van der Waals surface area contributed by atoms with Gasteiger partial charge in [-0.05, 0) is 24.6 Å². The minimum absolute atomic E-state index is 0.332. The van der Waals surface area contributed by atoms with Crippen LogP contribution in [-0.4, -0.2) is 14.8 Å². The van der Waals surface area contributed by atoms with Crippen LogP contribution in [0.4, 0.5) is 0 Å². The van der Waals surface area contributed by atoms with Crippen LogP contribution in [0.15, 0.2) is 6.07 Å². The molecule has 0 spiro atoms. The third-order valence-corrected chi connectivity index (χ3v) is 1.86. The maximum Gasteiger partial charge on any atom is 0.222 e. The fourth-order valence-electron chi connectivity index (χ4n) is 0.987. The number of hydrogen-bond donors (Lipinski definition) is 0. The van der Waals surface area contributed by atoms with Crippen LogP contribution in [0.3, 0.4) is 0 Å². The van der Waals surface area contributed by atoms with Crippen LogP contribution in [0.5, 0.6) is 0 Å². The molecule has 0 aliphatic heterocycles. The Morgan fingerprint density at radius 2 is 2.25 bits per heavy atom. The zero-order chi connectivity index (χ0) is 9.14. The van der Waals surface area contributed by atoms with Gasteiger partial charge in [0, 0.05) is 22.6 Å². The average Bonchev–Trinajstić information content (AvgIpc) is 1.81.